The maximum atomic E-state index is 13.4. The van der Waals surface area contributed by atoms with Gasteiger partial charge in [-0.2, -0.15) is 0 Å². The van der Waals surface area contributed by atoms with E-state index in [2.05, 4.69) is 10.4 Å². The van der Waals surface area contributed by atoms with Crippen LogP contribution in [0.25, 0.3) is 5.69 Å². The van der Waals surface area contributed by atoms with E-state index in [1.165, 1.54) is 0 Å². The van der Waals surface area contributed by atoms with Gasteiger partial charge in [-0.3, -0.25) is 19.5 Å². The van der Waals surface area contributed by atoms with Gasteiger partial charge in [-0.05, 0) is 30.2 Å². The van der Waals surface area contributed by atoms with Crippen molar-refractivity contribution >= 4 is 11.9 Å². The van der Waals surface area contributed by atoms with Gasteiger partial charge < -0.3 is 10.4 Å². The molecule has 0 aliphatic rings. The van der Waals surface area contributed by atoms with Gasteiger partial charge in [-0.25, -0.2) is 13.5 Å². The first kappa shape index (κ1) is 20.0. The molecule has 1 heterocycles. The van der Waals surface area contributed by atoms with Crippen LogP contribution in [0.2, 0.25) is 0 Å². The topological polar surface area (TPSA) is 104 Å². The SMILES string of the molecule is Cc1ccccc1[C@H](CC(=O)O)NC(=O)c1cc(=O)n(-c2cc(F)cc(F)c2)[nH]1. The van der Waals surface area contributed by atoms with Crippen molar-refractivity contribution in [1.29, 1.82) is 0 Å². The van der Waals surface area contributed by atoms with E-state index in [-0.39, 0.29) is 17.8 Å². The fourth-order valence-corrected chi connectivity index (χ4v) is 3.00. The second-order valence-corrected chi connectivity index (χ2v) is 6.45. The van der Waals surface area contributed by atoms with E-state index in [1.54, 1.807) is 31.2 Å². The van der Waals surface area contributed by atoms with Crippen molar-refractivity contribution in [3.63, 3.8) is 0 Å². The zero-order valence-electron chi connectivity index (χ0n) is 15.3. The minimum atomic E-state index is -1.11. The molecule has 1 aromatic heterocycles. The Kier molecular flexibility index (Phi) is 5.58. The summed E-state index contributed by atoms with van der Waals surface area (Å²) in [4.78, 5) is 36.0. The number of amides is 1. The molecule has 0 aliphatic heterocycles. The van der Waals surface area contributed by atoms with Gasteiger partial charge in [0.1, 0.15) is 17.3 Å². The lowest BCUT2D eigenvalue weighted by atomic mass is 9.98. The molecule has 3 rings (SSSR count). The number of nitrogens with zero attached hydrogens (tertiary/aromatic N) is 1. The molecule has 7 nitrogen and oxygen atoms in total. The van der Waals surface area contributed by atoms with Crippen LogP contribution < -0.4 is 10.9 Å². The molecule has 0 saturated carbocycles. The van der Waals surface area contributed by atoms with Crippen LogP contribution in [0.5, 0.6) is 0 Å². The van der Waals surface area contributed by atoms with Crippen LogP contribution in [0.3, 0.4) is 0 Å². The van der Waals surface area contributed by atoms with Gasteiger partial charge in [-0.15, -0.1) is 0 Å². The molecule has 29 heavy (non-hydrogen) atoms. The van der Waals surface area contributed by atoms with Gasteiger partial charge in [0.25, 0.3) is 11.5 Å². The van der Waals surface area contributed by atoms with Crippen LogP contribution in [0, 0.1) is 18.6 Å². The molecule has 0 fully saturated rings. The van der Waals surface area contributed by atoms with Gasteiger partial charge >= 0.3 is 5.97 Å². The first-order chi connectivity index (χ1) is 13.7. The third kappa shape index (κ3) is 4.57. The lowest BCUT2D eigenvalue weighted by Crippen LogP contribution is -2.31. The molecule has 3 aromatic rings. The van der Waals surface area contributed by atoms with Crippen molar-refractivity contribution in [3.8, 4) is 5.69 Å². The minimum absolute atomic E-state index is 0.118. The number of carboxylic acid groups (broad SMARTS) is 1. The van der Waals surface area contributed by atoms with E-state index in [0.29, 0.717) is 11.6 Å². The van der Waals surface area contributed by atoms with E-state index in [0.717, 1.165) is 28.4 Å². The minimum Gasteiger partial charge on any atom is -0.481 e. The van der Waals surface area contributed by atoms with Crippen LogP contribution >= 0.6 is 0 Å². The summed E-state index contributed by atoms with van der Waals surface area (Å²) in [7, 11) is 0. The van der Waals surface area contributed by atoms with Crippen molar-refractivity contribution in [2.75, 3.05) is 0 Å². The van der Waals surface area contributed by atoms with E-state index in [4.69, 9.17) is 0 Å². The average Bonchev–Trinajstić information content (AvgIpc) is 3.02. The number of carbonyl (C=O) groups is 2. The average molecular weight is 401 g/mol. The standard InChI is InChI=1S/C20H17F2N3O4/c1-11-4-2-3-5-15(11)16(10-19(27)28)23-20(29)17-9-18(26)25(24-17)14-7-12(21)6-13(22)8-14/h2-9,16,24H,10H2,1H3,(H,23,29)(H,27,28)/t16-/m0/s1. The summed E-state index contributed by atoms with van der Waals surface area (Å²) in [6.45, 7) is 1.78. The number of hydrogen-bond acceptors (Lipinski definition) is 3. The lowest BCUT2D eigenvalue weighted by molar-refractivity contribution is -0.137. The molecule has 150 valence electrons. The molecule has 9 heteroatoms. The predicted octanol–water partition coefficient (Wildman–Crippen LogP) is 2.70. The second-order valence-electron chi connectivity index (χ2n) is 6.45. The van der Waals surface area contributed by atoms with Crippen molar-refractivity contribution < 1.29 is 23.5 Å². The molecule has 1 amide bonds. The maximum absolute atomic E-state index is 13.4. The first-order valence-electron chi connectivity index (χ1n) is 8.61. The number of carboxylic acids is 1. The highest BCUT2D eigenvalue weighted by Crippen LogP contribution is 2.21. The molecule has 1 atom stereocenters. The van der Waals surface area contributed by atoms with Crippen LogP contribution in [-0.4, -0.2) is 26.8 Å². The highest BCUT2D eigenvalue weighted by atomic mass is 19.1. The van der Waals surface area contributed by atoms with E-state index in [9.17, 15) is 28.3 Å². The number of H-pyrrole nitrogens is 1. The van der Waals surface area contributed by atoms with Crippen molar-refractivity contribution in [3.05, 3.63) is 87.3 Å². The summed E-state index contributed by atoms with van der Waals surface area (Å²) in [6.07, 6.45) is -0.364. The zero-order chi connectivity index (χ0) is 21.1. The number of aliphatic carboxylic acids is 1. The zero-order valence-corrected chi connectivity index (χ0v) is 15.3. The van der Waals surface area contributed by atoms with Crippen LogP contribution in [0.4, 0.5) is 8.78 Å². The highest BCUT2D eigenvalue weighted by molar-refractivity contribution is 5.92. The van der Waals surface area contributed by atoms with Crippen LogP contribution in [0.1, 0.15) is 34.1 Å². The fraction of sp³-hybridized carbons (Fsp3) is 0.150. The third-order valence-electron chi connectivity index (χ3n) is 4.32. The van der Waals surface area contributed by atoms with Gasteiger partial charge in [0.2, 0.25) is 0 Å². The number of aromatic nitrogens is 2. The quantitative estimate of drug-likeness (QED) is 0.591. The summed E-state index contributed by atoms with van der Waals surface area (Å²) < 4.78 is 27.7. The number of aromatic amines is 1. The van der Waals surface area contributed by atoms with Gasteiger partial charge in [0, 0.05) is 12.1 Å². The van der Waals surface area contributed by atoms with Gasteiger partial charge in [0.15, 0.2) is 0 Å². The molecule has 0 spiro atoms. The van der Waals surface area contributed by atoms with E-state index >= 15 is 0 Å². The van der Waals surface area contributed by atoms with E-state index in [1.807, 2.05) is 0 Å². The Morgan fingerprint density at radius 3 is 2.41 bits per heavy atom. The fourth-order valence-electron chi connectivity index (χ4n) is 3.00. The van der Waals surface area contributed by atoms with Gasteiger partial charge in [0.05, 0.1) is 18.2 Å². The number of hydrogen-bond donors (Lipinski definition) is 3. The van der Waals surface area contributed by atoms with Crippen molar-refractivity contribution in [2.24, 2.45) is 0 Å². The normalized spacial score (nSPS) is 11.8. The summed E-state index contributed by atoms with van der Waals surface area (Å²) >= 11 is 0. The Hall–Kier alpha value is -3.75. The summed E-state index contributed by atoms with van der Waals surface area (Å²) in [5, 5.41) is 14.3. The van der Waals surface area contributed by atoms with Crippen LogP contribution in [-0.2, 0) is 4.79 Å². The maximum Gasteiger partial charge on any atom is 0.305 e. The number of benzene rings is 2. The lowest BCUT2D eigenvalue weighted by Gasteiger charge is -2.19. The Morgan fingerprint density at radius 1 is 1.14 bits per heavy atom. The Bertz CT molecular complexity index is 1120. The third-order valence-corrected chi connectivity index (χ3v) is 4.32. The molecule has 0 radical (unpaired) electrons. The molecule has 0 aliphatic carbocycles. The smallest absolute Gasteiger partial charge is 0.305 e. The molecule has 0 saturated heterocycles. The molecular formula is C20H17F2N3O4. The van der Waals surface area contributed by atoms with Gasteiger partial charge in [-0.1, -0.05) is 24.3 Å². The molecule has 2 aromatic carbocycles. The monoisotopic (exact) mass is 401 g/mol. The van der Waals surface area contributed by atoms with E-state index < -0.39 is 35.1 Å². The number of halogens is 2. The predicted molar refractivity (Wildman–Crippen MR) is 99.9 cm³/mol. The number of carbonyl (C=O) groups excluding carboxylic acids is 1. The summed E-state index contributed by atoms with van der Waals surface area (Å²) in [6, 6.07) is 9.65. The van der Waals surface area contributed by atoms with Crippen molar-refractivity contribution in [1.82, 2.24) is 15.1 Å². The van der Waals surface area contributed by atoms with Crippen LogP contribution in [0.15, 0.2) is 53.3 Å². The first-order valence-corrected chi connectivity index (χ1v) is 8.61. The number of nitrogens with one attached hydrogen (secondary N) is 2. The summed E-state index contributed by atoms with van der Waals surface area (Å²) in [5.74, 6) is -3.60. The number of aryl methyl sites for hydroxylation is 1. The highest BCUT2D eigenvalue weighted by Gasteiger charge is 2.22. The summed E-state index contributed by atoms with van der Waals surface area (Å²) in [5.41, 5.74) is 0.416. The molecule has 3 N–H and O–H groups in total. The number of rotatable bonds is 6. The molecule has 0 unspecified atom stereocenters. The Morgan fingerprint density at radius 2 is 1.79 bits per heavy atom. The molecular weight excluding hydrogens is 384 g/mol. The Balaban J connectivity index is 1.90. The Labute approximate surface area is 163 Å². The molecule has 0 bridgehead atoms. The van der Waals surface area contributed by atoms with Crippen molar-refractivity contribution in [2.45, 2.75) is 19.4 Å². The largest absolute Gasteiger partial charge is 0.481 e. The second kappa shape index (κ2) is 8.09.